The van der Waals surface area contributed by atoms with Gasteiger partial charge in [0.1, 0.15) is 0 Å². The molecule has 0 aromatic heterocycles. The summed E-state index contributed by atoms with van der Waals surface area (Å²) in [6.07, 6.45) is 0.815. The Labute approximate surface area is 120 Å². The van der Waals surface area contributed by atoms with Crippen molar-refractivity contribution in [2.45, 2.75) is 32.0 Å². The van der Waals surface area contributed by atoms with Crippen molar-refractivity contribution >= 4 is 5.91 Å². The van der Waals surface area contributed by atoms with E-state index >= 15 is 0 Å². The van der Waals surface area contributed by atoms with E-state index in [9.17, 15) is 4.79 Å². The SMILES string of the molecule is CC1CN(C(=O)[C@H]2Cc3ccccc3CN2)CCN1C. The van der Waals surface area contributed by atoms with Gasteiger partial charge in [-0.15, -0.1) is 0 Å². The lowest BCUT2D eigenvalue weighted by atomic mass is 9.95. The van der Waals surface area contributed by atoms with E-state index in [1.54, 1.807) is 0 Å². The molecular weight excluding hydrogens is 250 g/mol. The summed E-state index contributed by atoms with van der Waals surface area (Å²) in [5.74, 6) is 0.263. The molecule has 2 heterocycles. The fourth-order valence-corrected chi connectivity index (χ4v) is 3.10. The van der Waals surface area contributed by atoms with E-state index in [0.29, 0.717) is 6.04 Å². The minimum atomic E-state index is -0.0551. The molecule has 20 heavy (non-hydrogen) atoms. The molecule has 0 radical (unpaired) electrons. The van der Waals surface area contributed by atoms with Gasteiger partial charge in [-0.25, -0.2) is 0 Å². The smallest absolute Gasteiger partial charge is 0.240 e. The van der Waals surface area contributed by atoms with Crippen molar-refractivity contribution in [2.75, 3.05) is 26.7 Å². The van der Waals surface area contributed by atoms with Crippen LogP contribution in [0.4, 0.5) is 0 Å². The number of carbonyl (C=O) groups is 1. The molecule has 1 amide bonds. The number of nitrogens with zero attached hydrogens (tertiary/aromatic N) is 2. The van der Waals surface area contributed by atoms with E-state index in [0.717, 1.165) is 32.6 Å². The monoisotopic (exact) mass is 273 g/mol. The van der Waals surface area contributed by atoms with E-state index < -0.39 is 0 Å². The molecule has 0 spiro atoms. The van der Waals surface area contributed by atoms with Crippen LogP contribution in [-0.4, -0.2) is 54.5 Å². The Balaban J connectivity index is 1.67. The van der Waals surface area contributed by atoms with Crippen LogP contribution in [0.1, 0.15) is 18.1 Å². The van der Waals surface area contributed by atoms with Crippen LogP contribution in [0.5, 0.6) is 0 Å². The first kappa shape index (κ1) is 13.6. The predicted molar refractivity (Wildman–Crippen MR) is 79.4 cm³/mol. The van der Waals surface area contributed by atoms with E-state index in [1.807, 2.05) is 4.90 Å². The van der Waals surface area contributed by atoms with Gasteiger partial charge in [0.05, 0.1) is 6.04 Å². The minimum absolute atomic E-state index is 0.0551. The van der Waals surface area contributed by atoms with E-state index in [-0.39, 0.29) is 11.9 Å². The highest BCUT2D eigenvalue weighted by molar-refractivity contribution is 5.82. The van der Waals surface area contributed by atoms with Gasteiger partial charge in [-0.1, -0.05) is 24.3 Å². The summed E-state index contributed by atoms with van der Waals surface area (Å²) in [5.41, 5.74) is 2.63. The lowest BCUT2D eigenvalue weighted by Crippen LogP contribution is -2.57. The molecule has 4 nitrogen and oxygen atoms in total. The minimum Gasteiger partial charge on any atom is -0.338 e. The maximum Gasteiger partial charge on any atom is 0.240 e. The molecule has 3 rings (SSSR count). The average Bonchev–Trinajstić information content (AvgIpc) is 2.49. The summed E-state index contributed by atoms with van der Waals surface area (Å²) in [7, 11) is 2.13. The third-order valence-electron chi connectivity index (χ3n) is 4.65. The molecule has 0 aliphatic carbocycles. The van der Waals surface area contributed by atoms with Gasteiger partial charge in [0.15, 0.2) is 0 Å². The lowest BCUT2D eigenvalue weighted by molar-refractivity contribution is -0.136. The van der Waals surface area contributed by atoms with Crippen LogP contribution in [0.25, 0.3) is 0 Å². The van der Waals surface area contributed by atoms with E-state index in [1.165, 1.54) is 11.1 Å². The molecule has 1 fully saturated rings. The van der Waals surface area contributed by atoms with Gasteiger partial charge >= 0.3 is 0 Å². The molecule has 1 unspecified atom stereocenters. The van der Waals surface area contributed by atoms with Crippen molar-refractivity contribution in [1.82, 2.24) is 15.1 Å². The van der Waals surface area contributed by atoms with Crippen LogP contribution in [0.2, 0.25) is 0 Å². The molecule has 1 aromatic rings. The fourth-order valence-electron chi connectivity index (χ4n) is 3.10. The van der Waals surface area contributed by atoms with Gasteiger partial charge in [0.2, 0.25) is 5.91 Å². The van der Waals surface area contributed by atoms with E-state index in [2.05, 4.69) is 48.5 Å². The van der Waals surface area contributed by atoms with Crippen LogP contribution in [-0.2, 0) is 17.8 Å². The number of fused-ring (bicyclic) bond motifs is 1. The third kappa shape index (κ3) is 2.58. The summed E-state index contributed by atoms with van der Waals surface area (Å²) in [6, 6.07) is 8.79. The summed E-state index contributed by atoms with van der Waals surface area (Å²) < 4.78 is 0. The van der Waals surface area contributed by atoms with Crippen LogP contribution in [0.15, 0.2) is 24.3 Å². The summed E-state index contributed by atoms with van der Waals surface area (Å²) in [4.78, 5) is 17.0. The summed E-state index contributed by atoms with van der Waals surface area (Å²) in [5, 5.41) is 3.39. The normalized spacial score (nSPS) is 27.2. The Morgan fingerprint density at radius 2 is 2.00 bits per heavy atom. The van der Waals surface area contributed by atoms with Crippen molar-refractivity contribution < 1.29 is 4.79 Å². The number of benzene rings is 1. The second-order valence-corrected chi connectivity index (χ2v) is 6.02. The summed E-state index contributed by atoms with van der Waals surface area (Å²) >= 11 is 0. The molecular formula is C16H23N3O. The topological polar surface area (TPSA) is 35.6 Å². The van der Waals surface area contributed by atoms with Gasteiger partial charge in [0.25, 0.3) is 0 Å². The van der Waals surface area contributed by atoms with Crippen molar-refractivity contribution in [2.24, 2.45) is 0 Å². The van der Waals surface area contributed by atoms with Crippen molar-refractivity contribution in [3.8, 4) is 0 Å². The van der Waals surface area contributed by atoms with Crippen molar-refractivity contribution in [3.05, 3.63) is 35.4 Å². The highest BCUT2D eigenvalue weighted by Gasteiger charge is 2.31. The number of amides is 1. The summed E-state index contributed by atoms with van der Waals surface area (Å²) in [6.45, 7) is 5.64. The van der Waals surface area contributed by atoms with Crippen LogP contribution < -0.4 is 5.32 Å². The number of hydrogen-bond donors (Lipinski definition) is 1. The third-order valence-corrected chi connectivity index (χ3v) is 4.65. The Hall–Kier alpha value is -1.39. The van der Waals surface area contributed by atoms with Crippen molar-refractivity contribution in [1.29, 1.82) is 0 Å². The largest absolute Gasteiger partial charge is 0.338 e. The zero-order valence-electron chi connectivity index (χ0n) is 12.3. The zero-order chi connectivity index (χ0) is 14.1. The first-order valence-corrected chi connectivity index (χ1v) is 7.44. The second kappa shape index (κ2) is 5.54. The van der Waals surface area contributed by atoms with Gasteiger partial charge in [-0.2, -0.15) is 0 Å². The standard InChI is InChI=1S/C16H23N3O/c1-12-11-19(8-7-18(12)2)16(20)15-9-13-5-3-4-6-14(13)10-17-15/h3-6,12,15,17H,7-11H2,1-2H3/t12?,15-/m1/s1. The van der Waals surface area contributed by atoms with Gasteiger partial charge in [-0.3, -0.25) is 4.79 Å². The number of hydrogen-bond acceptors (Lipinski definition) is 3. The van der Waals surface area contributed by atoms with Crippen LogP contribution in [0.3, 0.4) is 0 Å². The molecule has 1 saturated heterocycles. The number of piperazine rings is 1. The maximum absolute atomic E-state index is 12.7. The molecule has 108 valence electrons. The van der Waals surface area contributed by atoms with E-state index in [4.69, 9.17) is 0 Å². The Morgan fingerprint density at radius 1 is 1.25 bits per heavy atom. The Bertz CT molecular complexity index is 502. The molecule has 2 aliphatic rings. The quantitative estimate of drug-likeness (QED) is 0.824. The predicted octanol–water partition coefficient (Wildman–Crippen LogP) is 0.863. The first-order chi connectivity index (χ1) is 9.65. The number of likely N-dealkylation sites (N-methyl/N-ethyl adjacent to an activating group) is 1. The molecule has 2 aliphatic heterocycles. The highest BCUT2D eigenvalue weighted by atomic mass is 16.2. The highest BCUT2D eigenvalue weighted by Crippen LogP contribution is 2.18. The Morgan fingerprint density at radius 3 is 2.75 bits per heavy atom. The van der Waals surface area contributed by atoms with Crippen LogP contribution in [0, 0.1) is 0 Å². The fraction of sp³-hybridized carbons (Fsp3) is 0.562. The Kier molecular flexibility index (Phi) is 3.76. The maximum atomic E-state index is 12.7. The number of rotatable bonds is 1. The van der Waals surface area contributed by atoms with Gasteiger partial charge in [-0.05, 0) is 31.5 Å². The molecule has 1 N–H and O–H groups in total. The number of carbonyl (C=O) groups excluding carboxylic acids is 1. The van der Waals surface area contributed by atoms with Gasteiger partial charge in [0, 0.05) is 32.2 Å². The van der Waals surface area contributed by atoms with Gasteiger partial charge < -0.3 is 15.1 Å². The number of nitrogens with one attached hydrogen (secondary N) is 1. The molecule has 2 atom stereocenters. The molecule has 0 saturated carbocycles. The van der Waals surface area contributed by atoms with Crippen LogP contribution >= 0.6 is 0 Å². The second-order valence-electron chi connectivity index (χ2n) is 6.02. The molecule has 0 bridgehead atoms. The zero-order valence-corrected chi connectivity index (χ0v) is 12.3. The van der Waals surface area contributed by atoms with Crippen molar-refractivity contribution in [3.63, 3.8) is 0 Å². The lowest BCUT2D eigenvalue weighted by Gasteiger charge is -2.40. The average molecular weight is 273 g/mol. The first-order valence-electron chi connectivity index (χ1n) is 7.44. The molecule has 1 aromatic carbocycles. The molecule has 4 heteroatoms.